The highest BCUT2D eigenvalue weighted by atomic mass is 16.1. The number of primary amides is 1. The van der Waals surface area contributed by atoms with Crippen LogP contribution in [0.25, 0.3) is 0 Å². The minimum absolute atomic E-state index is 0.181. The van der Waals surface area contributed by atoms with Crippen LogP contribution in [0.1, 0.15) is 24.1 Å². The zero-order valence-corrected chi connectivity index (χ0v) is 13.3. The van der Waals surface area contributed by atoms with Crippen molar-refractivity contribution >= 4 is 17.3 Å². The highest BCUT2D eigenvalue weighted by Gasteiger charge is 2.11. The van der Waals surface area contributed by atoms with Gasteiger partial charge in [0, 0.05) is 25.5 Å². The molecule has 1 amide bonds. The van der Waals surface area contributed by atoms with E-state index in [1.807, 2.05) is 44.4 Å². The van der Waals surface area contributed by atoms with E-state index in [-0.39, 0.29) is 18.4 Å². The third-order valence-electron chi connectivity index (χ3n) is 3.60. The molecule has 0 spiro atoms. The van der Waals surface area contributed by atoms with Gasteiger partial charge in [0.1, 0.15) is 0 Å². The van der Waals surface area contributed by atoms with Crippen molar-refractivity contribution in [3.63, 3.8) is 0 Å². The minimum Gasteiger partial charge on any atom is -0.378 e. The first kappa shape index (κ1) is 15.9. The van der Waals surface area contributed by atoms with E-state index in [2.05, 4.69) is 35.3 Å². The van der Waals surface area contributed by atoms with Gasteiger partial charge in [-0.15, -0.1) is 0 Å². The average Bonchev–Trinajstić information content (AvgIpc) is 2.48. The number of nitrogens with zero attached hydrogens (tertiary/aromatic N) is 1. The van der Waals surface area contributed by atoms with E-state index < -0.39 is 0 Å². The molecule has 0 bridgehead atoms. The standard InChI is InChI=1S/C18H23N3O/c1-13(16-6-4-5-7-17(16)21(2)3)20-15-10-8-14(9-11-15)12-18(19)22/h4-11,13,20H,12H2,1-3H3,(H2,19,22)/t13-/m1/s1. The lowest BCUT2D eigenvalue weighted by Crippen LogP contribution is -2.15. The fraction of sp³-hybridized carbons (Fsp3) is 0.278. The summed E-state index contributed by atoms with van der Waals surface area (Å²) in [7, 11) is 4.09. The summed E-state index contributed by atoms with van der Waals surface area (Å²) in [4.78, 5) is 13.0. The Hall–Kier alpha value is -2.49. The topological polar surface area (TPSA) is 58.4 Å². The van der Waals surface area contributed by atoms with Crippen molar-refractivity contribution in [2.24, 2.45) is 5.73 Å². The SMILES string of the molecule is C[C@@H](Nc1ccc(CC(N)=O)cc1)c1ccccc1N(C)C. The van der Waals surface area contributed by atoms with Crippen molar-refractivity contribution in [3.8, 4) is 0 Å². The molecule has 22 heavy (non-hydrogen) atoms. The average molecular weight is 297 g/mol. The molecule has 2 aromatic rings. The third kappa shape index (κ3) is 4.01. The molecule has 0 fully saturated rings. The zero-order chi connectivity index (χ0) is 16.1. The Morgan fingerprint density at radius 1 is 1.14 bits per heavy atom. The van der Waals surface area contributed by atoms with Gasteiger partial charge in [0.05, 0.1) is 12.5 Å². The fourth-order valence-corrected chi connectivity index (χ4v) is 2.51. The molecule has 3 N–H and O–H groups in total. The van der Waals surface area contributed by atoms with Crippen molar-refractivity contribution in [2.45, 2.75) is 19.4 Å². The normalized spacial score (nSPS) is 11.8. The van der Waals surface area contributed by atoms with Crippen molar-refractivity contribution < 1.29 is 4.79 Å². The van der Waals surface area contributed by atoms with E-state index in [9.17, 15) is 4.79 Å². The highest BCUT2D eigenvalue weighted by molar-refractivity contribution is 5.76. The lowest BCUT2D eigenvalue weighted by Gasteiger charge is -2.23. The molecule has 116 valence electrons. The Kier molecular flexibility index (Phi) is 5.04. The fourth-order valence-electron chi connectivity index (χ4n) is 2.51. The van der Waals surface area contributed by atoms with Gasteiger partial charge in [-0.3, -0.25) is 4.79 Å². The van der Waals surface area contributed by atoms with Crippen molar-refractivity contribution in [3.05, 3.63) is 59.7 Å². The van der Waals surface area contributed by atoms with Crippen LogP contribution in [0, 0.1) is 0 Å². The number of benzene rings is 2. The number of hydrogen-bond acceptors (Lipinski definition) is 3. The van der Waals surface area contributed by atoms with E-state index in [1.165, 1.54) is 11.3 Å². The Bertz CT molecular complexity index is 635. The van der Waals surface area contributed by atoms with Crippen molar-refractivity contribution in [2.75, 3.05) is 24.3 Å². The van der Waals surface area contributed by atoms with Gasteiger partial charge < -0.3 is 16.0 Å². The van der Waals surface area contributed by atoms with Crippen LogP contribution >= 0.6 is 0 Å². The lowest BCUT2D eigenvalue weighted by molar-refractivity contribution is -0.117. The van der Waals surface area contributed by atoms with E-state index in [4.69, 9.17) is 5.73 Å². The molecule has 1 atom stereocenters. The van der Waals surface area contributed by atoms with E-state index >= 15 is 0 Å². The molecule has 2 rings (SSSR count). The third-order valence-corrected chi connectivity index (χ3v) is 3.60. The maximum atomic E-state index is 10.9. The van der Waals surface area contributed by atoms with E-state index in [1.54, 1.807) is 0 Å². The number of amides is 1. The second-order valence-corrected chi connectivity index (χ2v) is 5.66. The molecule has 4 nitrogen and oxygen atoms in total. The monoisotopic (exact) mass is 297 g/mol. The molecule has 4 heteroatoms. The summed E-state index contributed by atoms with van der Waals surface area (Å²) >= 11 is 0. The summed E-state index contributed by atoms with van der Waals surface area (Å²) in [5.41, 5.74) is 9.60. The first-order valence-electron chi connectivity index (χ1n) is 7.37. The maximum absolute atomic E-state index is 10.9. The lowest BCUT2D eigenvalue weighted by atomic mass is 10.0. The van der Waals surface area contributed by atoms with Crippen LogP contribution < -0.4 is 16.0 Å². The molecule has 0 radical (unpaired) electrons. The second kappa shape index (κ2) is 6.98. The molecule has 0 heterocycles. The summed E-state index contributed by atoms with van der Waals surface area (Å²) in [6.45, 7) is 2.14. The van der Waals surface area contributed by atoms with Crippen molar-refractivity contribution in [1.82, 2.24) is 0 Å². The van der Waals surface area contributed by atoms with Crippen LogP contribution in [-0.2, 0) is 11.2 Å². The first-order chi connectivity index (χ1) is 10.5. The second-order valence-electron chi connectivity index (χ2n) is 5.66. The number of nitrogens with one attached hydrogen (secondary N) is 1. The molecule has 0 aliphatic carbocycles. The van der Waals surface area contributed by atoms with Gasteiger partial charge in [0.2, 0.25) is 5.91 Å². The summed E-state index contributed by atoms with van der Waals surface area (Å²) < 4.78 is 0. The Labute approximate surface area is 131 Å². The maximum Gasteiger partial charge on any atom is 0.221 e. The highest BCUT2D eigenvalue weighted by Crippen LogP contribution is 2.27. The number of carbonyl (C=O) groups excluding carboxylic acids is 1. The summed E-state index contributed by atoms with van der Waals surface area (Å²) in [6.07, 6.45) is 0.277. The summed E-state index contributed by atoms with van der Waals surface area (Å²) in [5, 5.41) is 3.49. The predicted molar refractivity (Wildman–Crippen MR) is 92.1 cm³/mol. The summed E-state index contributed by atoms with van der Waals surface area (Å²) in [5.74, 6) is -0.311. The molecular formula is C18H23N3O. The van der Waals surface area contributed by atoms with Gasteiger partial charge >= 0.3 is 0 Å². The summed E-state index contributed by atoms with van der Waals surface area (Å²) in [6, 6.07) is 16.3. The van der Waals surface area contributed by atoms with Crippen LogP contribution in [-0.4, -0.2) is 20.0 Å². The van der Waals surface area contributed by atoms with E-state index in [0.29, 0.717) is 0 Å². The quantitative estimate of drug-likeness (QED) is 0.862. The largest absolute Gasteiger partial charge is 0.378 e. The molecule has 0 aliphatic rings. The van der Waals surface area contributed by atoms with Crippen LogP contribution in [0.2, 0.25) is 0 Å². The van der Waals surface area contributed by atoms with Gasteiger partial charge in [-0.25, -0.2) is 0 Å². The molecule has 0 saturated heterocycles. The van der Waals surface area contributed by atoms with E-state index in [0.717, 1.165) is 11.3 Å². The Morgan fingerprint density at radius 3 is 2.36 bits per heavy atom. The Morgan fingerprint density at radius 2 is 1.77 bits per heavy atom. The molecule has 0 saturated carbocycles. The first-order valence-corrected chi connectivity index (χ1v) is 7.37. The van der Waals surface area contributed by atoms with Gasteiger partial charge in [-0.2, -0.15) is 0 Å². The predicted octanol–water partition coefficient (Wildman–Crippen LogP) is 2.95. The minimum atomic E-state index is -0.311. The molecule has 0 aromatic heterocycles. The van der Waals surface area contributed by atoms with Crippen LogP contribution in [0.3, 0.4) is 0 Å². The number of rotatable bonds is 6. The zero-order valence-electron chi connectivity index (χ0n) is 13.3. The molecule has 0 unspecified atom stereocenters. The number of para-hydroxylation sites is 1. The number of anilines is 2. The smallest absolute Gasteiger partial charge is 0.221 e. The van der Waals surface area contributed by atoms with Gasteiger partial charge in [-0.1, -0.05) is 30.3 Å². The molecule has 2 aromatic carbocycles. The molecule has 0 aliphatic heterocycles. The van der Waals surface area contributed by atoms with Gasteiger partial charge in [0.15, 0.2) is 0 Å². The van der Waals surface area contributed by atoms with Crippen LogP contribution in [0.4, 0.5) is 11.4 Å². The number of carbonyl (C=O) groups is 1. The van der Waals surface area contributed by atoms with Crippen LogP contribution in [0.5, 0.6) is 0 Å². The van der Waals surface area contributed by atoms with Gasteiger partial charge in [0.25, 0.3) is 0 Å². The number of nitrogens with two attached hydrogens (primary N) is 1. The van der Waals surface area contributed by atoms with Crippen LogP contribution in [0.15, 0.2) is 48.5 Å². The molecular weight excluding hydrogens is 274 g/mol. The van der Waals surface area contributed by atoms with Crippen molar-refractivity contribution in [1.29, 1.82) is 0 Å². The number of hydrogen-bond donors (Lipinski definition) is 2. The Balaban J connectivity index is 2.12. The van der Waals surface area contributed by atoms with Gasteiger partial charge in [-0.05, 0) is 36.2 Å².